The molecule has 0 unspecified atom stereocenters. The molecule has 0 fully saturated rings. The largest absolute Gasteiger partial charge is 0.454 e. The second-order valence-electron chi connectivity index (χ2n) is 6.95. The molecule has 0 bridgehead atoms. The van der Waals surface area contributed by atoms with Crippen molar-refractivity contribution in [2.75, 3.05) is 25.1 Å². The minimum Gasteiger partial charge on any atom is -0.395 e. The number of hydrogen-bond acceptors (Lipinski definition) is 7. The number of anilines is 1. The van der Waals surface area contributed by atoms with Crippen molar-refractivity contribution < 1.29 is 23.1 Å². The van der Waals surface area contributed by atoms with E-state index in [0.717, 1.165) is 17.8 Å². The van der Waals surface area contributed by atoms with Crippen LogP contribution in [0.15, 0.2) is 93.3 Å². The van der Waals surface area contributed by atoms with Gasteiger partial charge in [-0.25, -0.2) is 0 Å². The summed E-state index contributed by atoms with van der Waals surface area (Å²) >= 11 is 0. The molecule has 33 heavy (non-hydrogen) atoms. The Labute approximate surface area is 187 Å². The summed E-state index contributed by atoms with van der Waals surface area (Å²) in [5.41, 5.74) is 2.60. The molecular formula is C23H20F3N5O2. The van der Waals surface area contributed by atoms with Gasteiger partial charge in [-0.05, 0) is 72.8 Å². The molecule has 1 N–H and O–H groups in total. The number of rotatable bonds is 8. The average Bonchev–Trinajstić information content (AvgIpc) is 2.82. The van der Waals surface area contributed by atoms with Crippen LogP contribution in [0.4, 0.5) is 41.6 Å². The predicted octanol–water partition coefficient (Wildman–Crippen LogP) is 6.69. The zero-order valence-electron chi connectivity index (χ0n) is 17.6. The van der Waals surface area contributed by atoms with E-state index in [-0.39, 0.29) is 6.61 Å². The van der Waals surface area contributed by atoms with Crippen LogP contribution < -0.4 is 4.90 Å². The van der Waals surface area contributed by atoms with Gasteiger partial charge in [0.05, 0.1) is 29.4 Å². The third kappa shape index (κ3) is 6.78. The first-order valence-corrected chi connectivity index (χ1v) is 9.83. The molecule has 7 nitrogen and oxygen atoms in total. The second-order valence-corrected chi connectivity index (χ2v) is 6.95. The fourth-order valence-corrected chi connectivity index (χ4v) is 2.71. The first-order valence-electron chi connectivity index (χ1n) is 9.83. The lowest BCUT2D eigenvalue weighted by atomic mass is 10.1. The monoisotopic (exact) mass is 455 g/mol. The number of aliphatic hydroxyl groups is 1. The molecule has 0 amide bonds. The molecule has 0 saturated carbocycles. The van der Waals surface area contributed by atoms with Crippen LogP contribution in [0.3, 0.4) is 0 Å². The summed E-state index contributed by atoms with van der Waals surface area (Å²) in [4.78, 5) is 13.1. The molecule has 0 heterocycles. The van der Waals surface area contributed by atoms with Crippen LogP contribution in [0, 0.1) is 0 Å². The molecule has 10 heteroatoms. The van der Waals surface area contributed by atoms with Gasteiger partial charge in [0.25, 0.3) is 5.78 Å². The number of Topliss-reactive ketones (excluding diaryl/α,β-unsaturated/α-hetero) is 1. The Morgan fingerprint density at radius 3 is 1.48 bits per heavy atom. The minimum atomic E-state index is -4.91. The number of likely N-dealkylation sites (N-methyl/N-ethyl adjacent to an activating group) is 1. The quantitative estimate of drug-likeness (QED) is 0.303. The summed E-state index contributed by atoms with van der Waals surface area (Å²) in [6.45, 7) is 0.608. The van der Waals surface area contributed by atoms with Gasteiger partial charge >= 0.3 is 6.18 Å². The smallest absolute Gasteiger partial charge is 0.395 e. The number of carbonyl (C=O) groups excluding carboxylic acids is 1. The van der Waals surface area contributed by atoms with Gasteiger partial charge in [0.2, 0.25) is 0 Å². The summed E-state index contributed by atoms with van der Waals surface area (Å²) in [7, 11) is 1.88. The molecule has 3 rings (SSSR count). The molecule has 0 atom stereocenters. The van der Waals surface area contributed by atoms with Gasteiger partial charge in [-0.3, -0.25) is 4.79 Å². The highest BCUT2D eigenvalue weighted by Crippen LogP contribution is 2.26. The van der Waals surface area contributed by atoms with Crippen molar-refractivity contribution in [1.29, 1.82) is 0 Å². The van der Waals surface area contributed by atoms with E-state index >= 15 is 0 Å². The molecule has 0 spiro atoms. The van der Waals surface area contributed by atoms with Crippen LogP contribution in [0.25, 0.3) is 0 Å². The van der Waals surface area contributed by atoms with Gasteiger partial charge in [-0.1, -0.05) is 0 Å². The lowest BCUT2D eigenvalue weighted by molar-refractivity contribution is -0.0885. The van der Waals surface area contributed by atoms with Crippen LogP contribution in [0.5, 0.6) is 0 Å². The minimum absolute atomic E-state index is 0.0722. The second kappa shape index (κ2) is 10.6. The Hall–Kier alpha value is -3.92. The molecule has 0 saturated heterocycles. The number of benzene rings is 3. The van der Waals surface area contributed by atoms with Gasteiger partial charge in [0, 0.05) is 24.8 Å². The highest BCUT2D eigenvalue weighted by Gasteiger charge is 2.39. The van der Waals surface area contributed by atoms with Crippen LogP contribution in [-0.4, -0.2) is 37.3 Å². The maximum Gasteiger partial charge on any atom is 0.454 e. The van der Waals surface area contributed by atoms with Gasteiger partial charge in [-0.15, -0.1) is 0 Å². The predicted molar refractivity (Wildman–Crippen MR) is 118 cm³/mol. The maximum atomic E-state index is 12.4. The summed E-state index contributed by atoms with van der Waals surface area (Å²) in [6, 6.07) is 18.9. The van der Waals surface area contributed by atoms with E-state index < -0.39 is 17.5 Å². The lowest BCUT2D eigenvalue weighted by Gasteiger charge is -2.17. The van der Waals surface area contributed by atoms with Crippen molar-refractivity contribution in [2.45, 2.75) is 6.18 Å². The Kier molecular flexibility index (Phi) is 7.62. The number of halogens is 3. The highest BCUT2D eigenvalue weighted by molar-refractivity contribution is 6.00. The standard InChI is InChI=1S/C23H20F3N5O2/c1-31(14-15-32)21-12-10-20(11-13-21)30-29-19-8-6-18(7-9-19)28-27-17-4-2-16(3-5-17)22(33)23(24,25)26/h2-13,32H,14-15H2,1H3. The van der Waals surface area contributed by atoms with E-state index in [1.54, 1.807) is 24.3 Å². The van der Waals surface area contributed by atoms with Crippen molar-refractivity contribution in [3.05, 3.63) is 78.4 Å². The summed E-state index contributed by atoms with van der Waals surface area (Å²) in [5.74, 6) is -1.90. The fourth-order valence-electron chi connectivity index (χ4n) is 2.71. The van der Waals surface area contributed by atoms with Gasteiger partial charge in [-0.2, -0.15) is 33.6 Å². The van der Waals surface area contributed by atoms with E-state index in [1.807, 2.05) is 36.2 Å². The van der Waals surface area contributed by atoms with E-state index in [1.165, 1.54) is 12.1 Å². The molecule has 0 aliphatic rings. The van der Waals surface area contributed by atoms with Gasteiger partial charge < -0.3 is 10.0 Å². The van der Waals surface area contributed by atoms with E-state index in [2.05, 4.69) is 20.5 Å². The van der Waals surface area contributed by atoms with Crippen LogP contribution in [0.2, 0.25) is 0 Å². The molecular weight excluding hydrogens is 435 g/mol. The molecule has 0 radical (unpaired) electrons. The Bertz CT molecular complexity index is 1130. The van der Waals surface area contributed by atoms with Crippen LogP contribution >= 0.6 is 0 Å². The molecule has 3 aromatic carbocycles. The normalized spacial score (nSPS) is 11.9. The van der Waals surface area contributed by atoms with Crippen molar-refractivity contribution in [3.8, 4) is 0 Å². The molecule has 3 aromatic rings. The average molecular weight is 455 g/mol. The van der Waals surface area contributed by atoms with Crippen molar-refractivity contribution >= 4 is 34.2 Å². The van der Waals surface area contributed by atoms with Gasteiger partial charge in [0.1, 0.15) is 0 Å². The summed E-state index contributed by atoms with van der Waals surface area (Å²) in [5, 5.41) is 25.3. The number of hydrogen-bond donors (Lipinski definition) is 1. The van der Waals surface area contributed by atoms with Crippen molar-refractivity contribution in [2.24, 2.45) is 20.5 Å². The van der Waals surface area contributed by atoms with E-state index in [9.17, 15) is 18.0 Å². The zero-order chi connectivity index (χ0) is 23.8. The fraction of sp³-hybridized carbons (Fsp3) is 0.174. The van der Waals surface area contributed by atoms with E-state index in [0.29, 0.717) is 29.3 Å². The number of nitrogens with zero attached hydrogens (tertiary/aromatic N) is 5. The van der Waals surface area contributed by atoms with Crippen LogP contribution in [0.1, 0.15) is 10.4 Å². The number of ketones is 1. The van der Waals surface area contributed by atoms with Crippen LogP contribution in [-0.2, 0) is 0 Å². The Balaban J connectivity index is 1.60. The van der Waals surface area contributed by atoms with Crippen molar-refractivity contribution in [1.82, 2.24) is 0 Å². The first kappa shape index (κ1) is 23.7. The van der Waals surface area contributed by atoms with Crippen molar-refractivity contribution in [3.63, 3.8) is 0 Å². The molecule has 0 aliphatic carbocycles. The first-order chi connectivity index (χ1) is 15.8. The maximum absolute atomic E-state index is 12.4. The number of carbonyl (C=O) groups is 1. The molecule has 170 valence electrons. The third-order valence-electron chi connectivity index (χ3n) is 4.52. The van der Waals surface area contributed by atoms with E-state index in [4.69, 9.17) is 5.11 Å². The van der Waals surface area contributed by atoms with Gasteiger partial charge in [0.15, 0.2) is 0 Å². The summed E-state index contributed by atoms with van der Waals surface area (Å²) in [6.07, 6.45) is -4.91. The Morgan fingerprint density at radius 1 is 0.758 bits per heavy atom. The Morgan fingerprint density at radius 2 is 1.12 bits per heavy atom. The number of aliphatic hydroxyl groups excluding tert-OH is 1. The number of alkyl halides is 3. The molecule has 0 aromatic heterocycles. The topological polar surface area (TPSA) is 90.0 Å². The summed E-state index contributed by atoms with van der Waals surface area (Å²) < 4.78 is 37.3. The number of azo groups is 2. The highest BCUT2D eigenvalue weighted by atomic mass is 19.4. The zero-order valence-corrected chi connectivity index (χ0v) is 17.6. The lowest BCUT2D eigenvalue weighted by Crippen LogP contribution is -2.22. The third-order valence-corrected chi connectivity index (χ3v) is 4.52. The molecule has 0 aliphatic heterocycles. The SMILES string of the molecule is CN(CCO)c1ccc(N=Nc2ccc(N=Nc3ccc(C(=O)C(F)(F)F)cc3)cc2)cc1.